The minimum atomic E-state index is -0.145. The number of hydrogen-bond donors (Lipinski definition) is 1. The van der Waals surface area contributed by atoms with Crippen LogP contribution in [0.25, 0.3) is 0 Å². The SMILES string of the molecule is COc1ncc(C2(N)CCC(C)C2)s1. The summed E-state index contributed by atoms with van der Waals surface area (Å²) >= 11 is 1.57. The second kappa shape index (κ2) is 3.51. The molecule has 1 aliphatic rings. The van der Waals surface area contributed by atoms with E-state index in [0.717, 1.165) is 18.8 Å². The first-order chi connectivity index (χ1) is 6.64. The zero-order valence-electron chi connectivity index (χ0n) is 8.62. The Morgan fingerprint density at radius 2 is 2.50 bits per heavy atom. The molecule has 2 atom stereocenters. The summed E-state index contributed by atoms with van der Waals surface area (Å²) in [6.07, 6.45) is 5.22. The third kappa shape index (κ3) is 1.64. The van der Waals surface area contributed by atoms with Crippen molar-refractivity contribution in [3.63, 3.8) is 0 Å². The Morgan fingerprint density at radius 3 is 3.00 bits per heavy atom. The minimum Gasteiger partial charge on any atom is -0.473 e. The van der Waals surface area contributed by atoms with Crippen LogP contribution >= 0.6 is 11.3 Å². The van der Waals surface area contributed by atoms with Gasteiger partial charge >= 0.3 is 0 Å². The lowest BCUT2D eigenvalue weighted by molar-refractivity contribution is 0.412. The summed E-state index contributed by atoms with van der Waals surface area (Å²) in [4.78, 5) is 5.33. The molecule has 1 saturated carbocycles. The maximum atomic E-state index is 6.35. The van der Waals surface area contributed by atoms with Gasteiger partial charge in [0.2, 0.25) is 0 Å². The maximum Gasteiger partial charge on any atom is 0.273 e. The topological polar surface area (TPSA) is 48.1 Å². The quantitative estimate of drug-likeness (QED) is 0.817. The van der Waals surface area contributed by atoms with Crippen LogP contribution in [0.2, 0.25) is 0 Å². The van der Waals surface area contributed by atoms with Crippen LogP contribution < -0.4 is 10.5 Å². The summed E-state index contributed by atoms with van der Waals surface area (Å²) in [6, 6.07) is 0. The molecule has 2 rings (SSSR count). The molecule has 0 spiro atoms. The van der Waals surface area contributed by atoms with Crippen LogP contribution in [0.5, 0.6) is 5.19 Å². The van der Waals surface area contributed by atoms with E-state index in [-0.39, 0.29) is 5.54 Å². The molecule has 1 heterocycles. The van der Waals surface area contributed by atoms with Crippen LogP contribution in [0.4, 0.5) is 0 Å². The van der Waals surface area contributed by atoms with Crippen LogP contribution in [0, 0.1) is 5.92 Å². The predicted octanol–water partition coefficient (Wildman–Crippen LogP) is 2.13. The van der Waals surface area contributed by atoms with Crippen molar-refractivity contribution >= 4 is 11.3 Å². The number of ether oxygens (including phenoxy) is 1. The molecule has 78 valence electrons. The Labute approximate surface area is 88.3 Å². The van der Waals surface area contributed by atoms with E-state index in [1.807, 2.05) is 6.20 Å². The molecule has 0 aliphatic heterocycles. The first kappa shape index (κ1) is 9.93. The summed E-state index contributed by atoms with van der Waals surface area (Å²) in [5, 5.41) is 0.712. The molecule has 0 radical (unpaired) electrons. The average molecular weight is 212 g/mol. The molecular weight excluding hydrogens is 196 g/mol. The molecule has 3 nitrogen and oxygen atoms in total. The Morgan fingerprint density at radius 1 is 1.71 bits per heavy atom. The van der Waals surface area contributed by atoms with Crippen molar-refractivity contribution in [1.29, 1.82) is 0 Å². The van der Waals surface area contributed by atoms with E-state index in [1.165, 1.54) is 11.3 Å². The van der Waals surface area contributed by atoms with Crippen LogP contribution in [-0.2, 0) is 5.54 Å². The van der Waals surface area contributed by atoms with Gasteiger partial charge in [0.15, 0.2) is 0 Å². The number of methoxy groups -OCH3 is 1. The fraction of sp³-hybridized carbons (Fsp3) is 0.700. The zero-order chi connectivity index (χ0) is 10.2. The molecule has 1 aromatic heterocycles. The van der Waals surface area contributed by atoms with E-state index < -0.39 is 0 Å². The van der Waals surface area contributed by atoms with Crippen LogP contribution in [-0.4, -0.2) is 12.1 Å². The Balaban J connectivity index is 2.21. The van der Waals surface area contributed by atoms with Gasteiger partial charge in [-0.25, -0.2) is 4.98 Å². The van der Waals surface area contributed by atoms with Crippen molar-refractivity contribution in [2.45, 2.75) is 31.7 Å². The van der Waals surface area contributed by atoms with E-state index >= 15 is 0 Å². The smallest absolute Gasteiger partial charge is 0.273 e. The van der Waals surface area contributed by atoms with Crippen molar-refractivity contribution < 1.29 is 4.74 Å². The third-order valence-corrected chi connectivity index (χ3v) is 4.12. The lowest BCUT2D eigenvalue weighted by Crippen LogP contribution is -2.32. The first-order valence-electron chi connectivity index (χ1n) is 4.93. The second-order valence-electron chi connectivity index (χ2n) is 4.20. The molecule has 0 saturated heterocycles. The van der Waals surface area contributed by atoms with Gasteiger partial charge in [0.25, 0.3) is 5.19 Å². The third-order valence-electron chi connectivity index (χ3n) is 2.95. The fourth-order valence-corrected chi connectivity index (χ4v) is 3.01. The number of thiazole rings is 1. The monoisotopic (exact) mass is 212 g/mol. The van der Waals surface area contributed by atoms with Crippen molar-refractivity contribution in [3.8, 4) is 5.19 Å². The van der Waals surface area contributed by atoms with Gasteiger partial charge in [0, 0.05) is 11.1 Å². The van der Waals surface area contributed by atoms with Crippen molar-refractivity contribution in [1.82, 2.24) is 4.98 Å². The average Bonchev–Trinajstić information content (AvgIpc) is 2.73. The van der Waals surface area contributed by atoms with Gasteiger partial charge in [-0.05, 0) is 25.2 Å². The molecule has 14 heavy (non-hydrogen) atoms. The van der Waals surface area contributed by atoms with E-state index in [1.54, 1.807) is 18.4 Å². The number of rotatable bonds is 2. The maximum absolute atomic E-state index is 6.35. The highest BCUT2D eigenvalue weighted by molar-refractivity contribution is 7.13. The Kier molecular flexibility index (Phi) is 2.49. The number of nitrogens with two attached hydrogens (primary N) is 1. The van der Waals surface area contributed by atoms with Crippen molar-refractivity contribution in [2.24, 2.45) is 11.7 Å². The van der Waals surface area contributed by atoms with Gasteiger partial charge in [0.1, 0.15) is 0 Å². The number of hydrogen-bond acceptors (Lipinski definition) is 4. The van der Waals surface area contributed by atoms with Gasteiger partial charge in [-0.2, -0.15) is 0 Å². The molecule has 1 fully saturated rings. The molecule has 0 aromatic carbocycles. The van der Waals surface area contributed by atoms with Gasteiger partial charge < -0.3 is 10.5 Å². The standard InChI is InChI=1S/C10H16N2OS/c1-7-3-4-10(11,5-7)8-6-12-9(13-2)14-8/h6-7H,3-5,11H2,1-2H3. The first-order valence-corrected chi connectivity index (χ1v) is 5.75. The molecule has 1 aliphatic carbocycles. The van der Waals surface area contributed by atoms with Crippen molar-refractivity contribution in [2.75, 3.05) is 7.11 Å². The molecule has 0 amide bonds. The molecule has 2 N–H and O–H groups in total. The van der Waals surface area contributed by atoms with E-state index in [9.17, 15) is 0 Å². The van der Waals surface area contributed by atoms with Crippen LogP contribution in [0.3, 0.4) is 0 Å². The Hall–Kier alpha value is -0.610. The largest absolute Gasteiger partial charge is 0.473 e. The summed E-state index contributed by atoms with van der Waals surface area (Å²) in [7, 11) is 1.64. The van der Waals surface area contributed by atoms with Crippen LogP contribution in [0.15, 0.2) is 6.20 Å². The van der Waals surface area contributed by atoms with Crippen LogP contribution in [0.1, 0.15) is 31.1 Å². The number of nitrogens with zero attached hydrogens (tertiary/aromatic N) is 1. The highest BCUT2D eigenvalue weighted by Crippen LogP contribution is 2.42. The molecule has 1 aromatic rings. The molecule has 2 unspecified atom stereocenters. The Bertz CT molecular complexity index is 326. The minimum absolute atomic E-state index is 0.145. The summed E-state index contributed by atoms with van der Waals surface area (Å²) in [6.45, 7) is 2.26. The fourth-order valence-electron chi connectivity index (χ4n) is 2.14. The lowest BCUT2D eigenvalue weighted by Gasteiger charge is -2.21. The van der Waals surface area contributed by atoms with Gasteiger partial charge in [0.05, 0.1) is 12.6 Å². The van der Waals surface area contributed by atoms with E-state index in [0.29, 0.717) is 5.19 Å². The van der Waals surface area contributed by atoms with E-state index in [2.05, 4.69) is 11.9 Å². The zero-order valence-corrected chi connectivity index (χ0v) is 9.43. The van der Waals surface area contributed by atoms with Gasteiger partial charge in [-0.3, -0.25) is 0 Å². The summed E-state index contributed by atoms with van der Waals surface area (Å²) < 4.78 is 5.08. The highest BCUT2D eigenvalue weighted by atomic mass is 32.1. The number of aromatic nitrogens is 1. The molecule has 0 bridgehead atoms. The van der Waals surface area contributed by atoms with Crippen molar-refractivity contribution in [3.05, 3.63) is 11.1 Å². The second-order valence-corrected chi connectivity index (χ2v) is 5.19. The molecule has 4 heteroatoms. The normalized spacial score (nSPS) is 32.1. The summed E-state index contributed by atoms with van der Waals surface area (Å²) in [5.74, 6) is 0.730. The lowest BCUT2D eigenvalue weighted by atomic mass is 9.96. The highest BCUT2D eigenvalue weighted by Gasteiger charge is 2.36. The summed E-state index contributed by atoms with van der Waals surface area (Å²) in [5.41, 5.74) is 6.21. The van der Waals surface area contributed by atoms with Gasteiger partial charge in [-0.15, -0.1) is 0 Å². The predicted molar refractivity (Wildman–Crippen MR) is 57.5 cm³/mol. The van der Waals surface area contributed by atoms with E-state index in [4.69, 9.17) is 10.5 Å². The van der Waals surface area contributed by atoms with Gasteiger partial charge in [-0.1, -0.05) is 18.3 Å². The molecular formula is C10H16N2OS.